The monoisotopic (exact) mass is 1970 g/mol. The molecule has 15 rings (SSSR count). The van der Waals surface area contributed by atoms with Crippen molar-refractivity contribution >= 4 is 113 Å². The molecule has 1 unspecified atom stereocenters. The molecule has 1 saturated heterocycles. The maximum Gasteiger partial charge on any atom is 0.0239 e. The average Bonchev–Trinajstić information content (AvgIpc) is 1.42. The largest absolute Gasteiger partial charge is 0.305 e. The van der Waals surface area contributed by atoms with Crippen LogP contribution in [0.2, 0.25) is 0 Å². The Morgan fingerprint density at radius 1 is 0.500 bits per heavy atom. The minimum atomic E-state index is -3.15. The van der Waals surface area contributed by atoms with Crippen LogP contribution in [0.3, 0.4) is 0 Å². The molecule has 0 amide bonds. The number of halogens is 1. The number of aryl methyl sites for hydroxylation is 1. The summed E-state index contributed by atoms with van der Waals surface area (Å²) in [4.78, 5) is 26.3. The van der Waals surface area contributed by atoms with Gasteiger partial charge in [-0.3, -0.25) is 0 Å². The molecule has 2 radical (unpaired) electrons. The summed E-state index contributed by atoms with van der Waals surface area (Å²) < 4.78 is 30.3. The zero-order valence-corrected chi connectivity index (χ0v) is 80.6. The third kappa shape index (κ3) is 31.5. The minimum absolute atomic E-state index is 0. The summed E-state index contributed by atoms with van der Waals surface area (Å²) >= 11 is 5.81. The Morgan fingerprint density at radius 3 is 1.28 bits per heavy atom. The van der Waals surface area contributed by atoms with Gasteiger partial charge in [-0.1, -0.05) is 196 Å². The molecule has 1 aliphatic heterocycles. The van der Waals surface area contributed by atoms with Gasteiger partial charge in [0.1, 0.15) is 5.75 Å². The summed E-state index contributed by atoms with van der Waals surface area (Å²) in [5, 5.41) is 10.2. The summed E-state index contributed by atoms with van der Waals surface area (Å²) in [5.41, 5.74) is 16.4. The zero-order valence-electron chi connectivity index (χ0n) is 63.0. The van der Waals surface area contributed by atoms with Gasteiger partial charge in [-0.2, -0.15) is 0 Å². The normalized spacial score (nSPS) is 13.8. The van der Waals surface area contributed by atoms with E-state index in [2.05, 4.69) is 132 Å². The molecule has 8 aromatic carbocycles. The van der Waals surface area contributed by atoms with Gasteiger partial charge in [0.2, 0.25) is 0 Å². The Kier molecular flexibility index (Phi) is 47.4. The maximum atomic E-state index is 8.87. The van der Waals surface area contributed by atoms with Crippen molar-refractivity contribution in [3.8, 4) is 73.0 Å². The molecule has 108 heavy (non-hydrogen) atoms. The predicted octanol–water partition coefficient (Wildman–Crippen LogP) is 16.6. The van der Waals surface area contributed by atoms with Gasteiger partial charge in [0.15, 0.2) is 0 Å². The fourth-order valence-corrected chi connectivity index (χ4v) is 16.4. The van der Waals surface area contributed by atoms with Gasteiger partial charge in [-0.05, 0) is 162 Å². The van der Waals surface area contributed by atoms with Crippen LogP contribution in [0.4, 0.5) is 0 Å². The number of pyridine rings is 4. The molecule has 20 heteroatoms. The van der Waals surface area contributed by atoms with E-state index < -0.39 is 8.25 Å². The Bertz CT molecular complexity index is 4160. The third-order valence-corrected chi connectivity index (χ3v) is 22.3. The first-order valence-corrected chi connectivity index (χ1v) is 55.3. The standard InChI is InChI=1S/C26H35OP.C17H19BNO2.C17H12N.2C11H8N.C6H5Br.2Ir.3K.HO4P/c1-20-12-11-18-24(27-2)26(20)23-17-9-10-19-25(23)28(21-13-5-3-6-14-21)22-15-7-4-8-16-22;1-16(2)17(3,4)21-18(20-16)14-10-11-15(19-12-14)13-8-6-5-7-9-13;1-3-7-14(8-4-1)16-11-12-17(18-13-16)15-9-5-2-6-10-15;2*1-2-6-10(7-3-1)11-8-4-5-9-12-11;7-6-4-2-1-3-5-6;;;;;;1-4-5(2)3/h9-12,17-19,21-22H,3-8,13-16H2,1-2H3;5-8,10-12H,1-4H3;1-9,11-13H;2*1-6,8-9H;1-5H;;;;;;1H/q;4*-1;;;;;;+1;/p-1. The number of rotatable bonds is 12. The van der Waals surface area contributed by atoms with Crippen LogP contribution >= 0.6 is 32.1 Å². The predicted molar refractivity (Wildman–Crippen MR) is 433 cm³/mol. The number of hydrogen-bond donors (Lipinski definition) is 0. The van der Waals surface area contributed by atoms with E-state index in [0.717, 1.165) is 77.6 Å². The van der Waals surface area contributed by atoms with Gasteiger partial charge in [0.05, 0.1) is 18.3 Å². The van der Waals surface area contributed by atoms with Gasteiger partial charge in [-0.25, -0.2) is 4.67 Å². The van der Waals surface area contributed by atoms with E-state index in [-0.39, 0.29) is 118 Å². The van der Waals surface area contributed by atoms with Crippen LogP contribution in [0.5, 0.6) is 5.75 Å². The van der Waals surface area contributed by atoms with Gasteiger partial charge in [0, 0.05) is 75.0 Å². The second-order valence-corrected chi connectivity index (χ2v) is 29.9. The summed E-state index contributed by atoms with van der Waals surface area (Å²) in [6, 6.07) is 99.9. The maximum absolute atomic E-state index is 8.87. The van der Waals surface area contributed by atoms with Crippen LogP contribution in [0.1, 0.15) is 97.5 Å². The van der Waals surface area contributed by atoms with E-state index >= 15 is 0 Å². The molecule has 11 nitrogen and oxygen atoms in total. The summed E-state index contributed by atoms with van der Waals surface area (Å²) in [5.74, 6) is 1.02. The topological polar surface area (TPSA) is 152 Å². The number of benzene rings is 8. The first-order chi connectivity index (χ1) is 51.2. The van der Waals surface area contributed by atoms with Crippen LogP contribution in [-0.2, 0) is 58.8 Å². The number of aromatic nitrogens is 4. The Balaban J connectivity index is 0.000000236. The Morgan fingerprint density at radius 2 is 0.907 bits per heavy atom. The third-order valence-electron chi connectivity index (χ3n) is 18.1. The van der Waals surface area contributed by atoms with Crippen molar-refractivity contribution in [3.63, 3.8) is 0 Å². The van der Waals surface area contributed by atoms with E-state index in [0.29, 0.717) is 0 Å². The Labute approximate surface area is 766 Å². The summed E-state index contributed by atoms with van der Waals surface area (Å²) in [7, 11) is -1.83. The van der Waals surface area contributed by atoms with Crippen LogP contribution in [-0.4, -0.2) is 120 Å². The number of nitrogens with zero attached hydrogens (tertiary/aromatic N) is 4. The van der Waals surface area contributed by atoms with E-state index in [1.807, 2.05) is 247 Å². The van der Waals surface area contributed by atoms with Crippen molar-refractivity contribution in [2.45, 2.75) is 121 Å². The second-order valence-electron chi connectivity index (χ2n) is 25.7. The Hall–Kier alpha value is -2.76. The molecular formula is C88H87BBrIr2K3N4O7P2-4. The molecule has 3 fully saturated rings. The first-order valence-electron chi connectivity index (χ1n) is 35.9. The van der Waals surface area contributed by atoms with Gasteiger partial charge >= 0.3 is 130 Å². The van der Waals surface area contributed by atoms with Crippen molar-refractivity contribution in [2.24, 2.45) is 0 Å². The number of methoxy groups -OCH3 is 1. The van der Waals surface area contributed by atoms with E-state index in [4.69, 9.17) is 28.8 Å². The zero-order chi connectivity index (χ0) is 74.5. The molecule has 2 aliphatic carbocycles. The smallest absolute Gasteiger partial charge is 0.0239 e. The molecule has 3 aliphatic rings. The molecule has 0 bridgehead atoms. The summed E-state index contributed by atoms with van der Waals surface area (Å²) in [6.07, 6.45) is 21.7. The van der Waals surface area contributed by atoms with Crippen molar-refractivity contribution in [3.05, 3.63) is 320 Å². The van der Waals surface area contributed by atoms with Crippen LogP contribution in [0.25, 0.3) is 67.3 Å². The number of ether oxygens (including phenoxy) is 1. The summed E-state index contributed by atoms with van der Waals surface area (Å²) in [6.45, 7) is 10.4. The fraction of sp³-hybridized carbons (Fsp3) is 0.227. The molecule has 12 aromatic rings. The van der Waals surface area contributed by atoms with Crippen LogP contribution < -0.4 is 77.0 Å². The molecule has 5 heterocycles. The van der Waals surface area contributed by atoms with Gasteiger partial charge in [-0.15, -0.1) is 144 Å². The number of hydrogen-bond acceptors (Lipinski definition) is 11. The van der Waals surface area contributed by atoms with Crippen molar-refractivity contribution in [2.75, 3.05) is 7.11 Å². The minimum Gasteiger partial charge on any atom is -0.305 e. The van der Waals surface area contributed by atoms with Gasteiger partial charge in [0.25, 0.3) is 0 Å². The van der Waals surface area contributed by atoms with Crippen molar-refractivity contribution in [1.82, 2.24) is 19.9 Å². The van der Waals surface area contributed by atoms with Crippen LogP contribution in [0.15, 0.2) is 290 Å². The molecule has 0 N–H and O–H groups in total. The second kappa shape index (κ2) is 53.4. The molecule has 0 spiro atoms. The molecule has 546 valence electrons. The SMILES string of the molecule is Brc1ccccc1.CC1(C)OB(c2ccc(-c3[c-]cccc3)nc2)OC1(C)C.COc1cccc(C)c1-c1ccccc1P(C1CCCCC1)C1CCCCC1.O=[P+]([O-])O[O-].[Ir].[Ir].[K+].[K][K].[c-]1ccccc1-c1ccc(-c2ccccc2)cn1.[c-]1ccccc1-c1ccccn1.[c-]1ccccc1-c1ccccn1. The van der Waals surface area contributed by atoms with Gasteiger partial charge < -0.3 is 44.1 Å². The van der Waals surface area contributed by atoms with E-state index in [1.54, 1.807) is 17.7 Å². The van der Waals surface area contributed by atoms with Crippen molar-refractivity contribution in [1.29, 1.82) is 0 Å². The van der Waals surface area contributed by atoms with E-state index in [1.165, 1.54) is 150 Å². The molecule has 2 saturated carbocycles. The molecular weight excluding hydrogens is 1880 g/mol. The van der Waals surface area contributed by atoms with Crippen LogP contribution in [0, 0.1) is 31.2 Å². The average molecular weight is 1970 g/mol. The van der Waals surface area contributed by atoms with E-state index in [9.17, 15) is 0 Å². The molecule has 1 atom stereocenters. The fourth-order valence-electron chi connectivity index (χ4n) is 12.2. The van der Waals surface area contributed by atoms with Crippen molar-refractivity contribution < 1.29 is 125 Å². The quantitative estimate of drug-likeness (QED) is 0.0378. The first kappa shape index (κ1) is 95.8. The molecule has 4 aromatic heterocycles.